The second-order valence-electron chi connectivity index (χ2n) is 22.6. The Bertz CT molecular complexity index is 2620. The second-order valence-corrected chi connectivity index (χ2v) is 23.0. The number of cyclic esters (lactones) is 2. The molecule has 466 valence electrons. The summed E-state index contributed by atoms with van der Waals surface area (Å²) in [5.41, 5.74) is 0.629. The third kappa shape index (κ3) is 22.0. The van der Waals surface area contributed by atoms with Gasteiger partial charge in [0.05, 0.1) is 36.4 Å². The smallest absolute Gasteiger partial charge is 0.347 e. The van der Waals surface area contributed by atoms with Crippen molar-refractivity contribution in [2.45, 2.75) is 173 Å². The predicted molar refractivity (Wildman–Crippen MR) is 302 cm³/mol. The maximum Gasteiger partial charge on any atom is 0.347 e. The number of carboxylic acid groups (broad SMARTS) is 1. The van der Waals surface area contributed by atoms with Crippen LogP contribution in [0.1, 0.15) is 116 Å². The lowest BCUT2D eigenvalue weighted by molar-refractivity contribution is -0.179. The maximum absolute atomic E-state index is 14.0. The summed E-state index contributed by atoms with van der Waals surface area (Å²) in [4.78, 5) is 119. The van der Waals surface area contributed by atoms with Crippen LogP contribution >= 0.6 is 11.6 Å². The Morgan fingerprint density at radius 2 is 1.50 bits per heavy atom. The highest BCUT2D eigenvalue weighted by atomic mass is 35.5. The zero-order valence-corrected chi connectivity index (χ0v) is 49.4. The van der Waals surface area contributed by atoms with Crippen molar-refractivity contribution in [1.82, 2.24) is 31.9 Å². The Kier molecular flexibility index (Phi) is 27.5. The van der Waals surface area contributed by atoms with Crippen LogP contribution in [0, 0.1) is 23.2 Å². The third-order valence-corrected chi connectivity index (χ3v) is 14.5. The topological polar surface area (TPSA) is 387 Å². The number of carboxylic acids is 1. The van der Waals surface area contributed by atoms with Crippen LogP contribution in [-0.4, -0.2) is 172 Å². The van der Waals surface area contributed by atoms with E-state index in [9.17, 15) is 63.6 Å². The fourth-order valence-electron chi connectivity index (χ4n) is 8.94. The van der Waals surface area contributed by atoms with Crippen LogP contribution in [0.25, 0.3) is 0 Å². The molecule has 84 heavy (non-hydrogen) atoms. The summed E-state index contributed by atoms with van der Waals surface area (Å²) < 4.78 is 23.4. The lowest BCUT2D eigenvalue weighted by Gasteiger charge is -2.29. The Morgan fingerprint density at radius 1 is 0.833 bits per heavy atom. The molecular formula is C58H83ClN6O19. The van der Waals surface area contributed by atoms with E-state index in [1.807, 2.05) is 20.8 Å². The van der Waals surface area contributed by atoms with E-state index in [-0.39, 0.29) is 64.0 Å². The minimum absolute atomic E-state index is 0.0164. The summed E-state index contributed by atoms with van der Waals surface area (Å²) in [5.74, 6) is -7.36. The number of benzene rings is 2. The molecule has 2 aromatic carbocycles. The zero-order valence-electron chi connectivity index (χ0n) is 48.6. The fraction of sp³-hybridized carbons (Fsp3) is 0.603. The summed E-state index contributed by atoms with van der Waals surface area (Å²) in [6.45, 7) is 10.2. The average molecular weight is 1200 g/mol. The summed E-state index contributed by atoms with van der Waals surface area (Å²) >= 11 is 6.38. The number of esters is 2. The van der Waals surface area contributed by atoms with Gasteiger partial charge in [0.25, 0.3) is 0 Å². The van der Waals surface area contributed by atoms with Crippen molar-refractivity contribution >= 4 is 65.0 Å². The van der Waals surface area contributed by atoms with Crippen molar-refractivity contribution in [3.8, 4) is 5.75 Å². The van der Waals surface area contributed by atoms with E-state index >= 15 is 0 Å². The van der Waals surface area contributed by atoms with Gasteiger partial charge in [0.1, 0.15) is 54.4 Å². The Labute approximate surface area is 493 Å². The van der Waals surface area contributed by atoms with Crippen LogP contribution in [0.15, 0.2) is 54.6 Å². The van der Waals surface area contributed by atoms with Crippen LogP contribution < -0.4 is 36.6 Å². The van der Waals surface area contributed by atoms with E-state index < -0.39 is 157 Å². The number of nitrogens with one attached hydrogen (secondary N) is 6. The first-order valence-corrected chi connectivity index (χ1v) is 28.3. The summed E-state index contributed by atoms with van der Waals surface area (Å²) in [6.07, 6.45) is -8.82. The van der Waals surface area contributed by atoms with Gasteiger partial charge in [0.2, 0.25) is 35.4 Å². The van der Waals surface area contributed by atoms with E-state index in [0.717, 1.165) is 5.56 Å². The van der Waals surface area contributed by atoms with Crippen LogP contribution in [0.5, 0.6) is 5.75 Å². The van der Waals surface area contributed by atoms with Gasteiger partial charge >= 0.3 is 17.9 Å². The van der Waals surface area contributed by atoms with E-state index in [0.29, 0.717) is 21.9 Å². The van der Waals surface area contributed by atoms with Crippen LogP contribution in [-0.2, 0) is 70.3 Å². The largest absolute Gasteiger partial charge is 0.495 e. The molecule has 2 aliphatic rings. The van der Waals surface area contributed by atoms with E-state index in [4.69, 9.17) is 40.8 Å². The number of aliphatic carboxylic acids is 1. The van der Waals surface area contributed by atoms with Crippen molar-refractivity contribution in [3.05, 3.63) is 76.3 Å². The number of carbonyl (C=O) groups excluding carboxylic acids is 8. The van der Waals surface area contributed by atoms with Gasteiger partial charge in [-0.1, -0.05) is 82.6 Å². The fourth-order valence-corrected chi connectivity index (χ4v) is 9.22. The molecule has 25 nitrogen and oxygen atoms in total. The van der Waals surface area contributed by atoms with Gasteiger partial charge in [-0.05, 0) is 79.8 Å². The highest BCUT2D eigenvalue weighted by molar-refractivity contribution is 6.32. The highest BCUT2D eigenvalue weighted by Crippen LogP contribution is 2.45. The number of methoxy groups -OCH3 is 1. The first-order chi connectivity index (χ1) is 39.5. The van der Waals surface area contributed by atoms with Gasteiger partial charge in [-0.25, -0.2) is 4.79 Å². The number of ether oxygens (including phenoxy) is 4. The highest BCUT2D eigenvalue weighted by Gasteiger charge is 2.48. The minimum Gasteiger partial charge on any atom is -0.495 e. The molecule has 26 heteroatoms. The summed E-state index contributed by atoms with van der Waals surface area (Å²) in [5, 5.41) is 74.1. The first-order valence-electron chi connectivity index (χ1n) is 28.0. The van der Waals surface area contributed by atoms with Gasteiger partial charge < -0.3 is 81.5 Å². The lowest BCUT2D eigenvalue weighted by Crippen LogP contribution is -2.55. The number of hydrogen-bond acceptors (Lipinski definition) is 18. The standard InChI is InChI=1S/C58H83ClN6O19/c1-30(2)23-43-56(79)82-41(11-9-12-45(70)63-38(25-34-17-21-42(81-8)36(59)24-34)54(77)62-29-58(6,7)57(80)83-43)32(5)51-52(84-51)35-18-15-33(16-19-35)26-61-53(76)37(20-22-44(69)60-27-39(67)49(74)50(75)40(68)28-66)64-55(78)48(31(3)4)65-46(71)13-10-14-47(72)73/h9,12,15-19,21,24,30-32,37-41,43,48-52,66-68,74-75H,10-11,13-14,20,22-23,25-29H2,1-8H3,(H,60,69)(H,61,76)(H,62,77)(H,63,70)(H,64,78)(H,65,71)(H,72,73)/b12-9+/t32-,37-,38+,39-,40+,41-,43-,48-,49+,50+,51+,52+/m0/s1. The molecular weight excluding hydrogens is 1120 g/mol. The average Bonchev–Trinajstić information content (AvgIpc) is 4.40. The van der Waals surface area contributed by atoms with E-state index in [2.05, 4.69) is 31.9 Å². The monoisotopic (exact) mass is 1200 g/mol. The van der Waals surface area contributed by atoms with E-state index in [1.165, 1.54) is 19.3 Å². The van der Waals surface area contributed by atoms with Gasteiger partial charge in [-0.15, -0.1) is 0 Å². The van der Waals surface area contributed by atoms with Crippen molar-refractivity contribution < 1.29 is 92.7 Å². The van der Waals surface area contributed by atoms with Crippen molar-refractivity contribution in [2.24, 2.45) is 23.2 Å². The van der Waals surface area contributed by atoms with Crippen LogP contribution in [0.3, 0.4) is 0 Å². The Morgan fingerprint density at radius 3 is 2.12 bits per heavy atom. The molecule has 12 N–H and O–H groups in total. The van der Waals surface area contributed by atoms with Crippen molar-refractivity contribution in [2.75, 3.05) is 26.8 Å². The normalized spacial score (nSPS) is 22.3. The molecule has 4 rings (SSSR count). The molecule has 2 heterocycles. The number of rotatable bonds is 28. The molecule has 6 amide bonds. The molecule has 1 fully saturated rings. The van der Waals surface area contributed by atoms with Crippen molar-refractivity contribution in [3.63, 3.8) is 0 Å². The number of carbonyl (C=O) groups is 9. The molecule has 0 radical (unpaired) electrons. The molecule has 1 saturated heterocycles. The number of halogens is 1. The number of amides is 6. The molecule has 2 aliphatic heterocycles. The van der Waals surface area contributed by atoms with Crippen LogP contribution in [0.4, 0.5) is 0 Å². The Hall–Kier alpha value is -6.74. The van der Waals surface area contributed by atoms with Gasteiger partial charge in [-0.3, -0.25) is 38.4 Å². The number of hydrogen-bond donors (Lipinski definition) is 12. The minimum atomic E-state index is -1.95. The first kappa shape index (κ1) is 69.8. The van der Waals surface area contributed by atoms with Crippen LogP contribution in [0.2, 0.25) is 5.02 Å². The summed E-state index contributed by atoms with van der Waals surface area (Å²) in [6, 6.07) is 8.32. The second kappa shape index (κ2) is 33.1. The molecule has 0 aromatic heterocycles. The third-order valence-electron chi connectivity index (χ3n) is 14.2. The molecule has 0 aliphatic carbocycles. The number of aliphatic hydroxyl groups is 5. The Balaban J connectivity index is 1.50. The van der Waals surface area contributed by atoms with Gasteiger partial charge in [0.15, 0.2) is 6.10 Å². The number of aliphatic hydroxyl groups excluding tert-OH is 5. The molecule has 12 atom stereocenters. The molecule has 0 saturated carbocycles. The molecule has 0 spiro atoms. The van der Waals surface area contributed by atoms with E-state index in [1.54, 1.807) is 70.2 Å². The number of epoxide rings is 1. The SMILES string of the molecule is COc1ccc(C[C@H]2NC(=O)/C=C/C[C@@H]([C@H](C)[C@H]3O[C@@H]3c3ccc(CNC(=O)[C@H](CCC(=O)NC[C@H](O)[C@@H](O)[C@H](O)[C@H](O)CO)NC(=O)[C@@H](NC(=O)CCCC(=O)O)C(C)C)cc3)OC(=O)[C@H](CC(C)C)OC(=O)C(C)(C)CNC2=O)cc1Cl. The van der Waals surface area contributed by atoms with Crippen molar-refractivity contribution in [1.29, 1.82) is 0 Å². The zero-order chi connectivity index (χ0) is 62.6. The lowest BCUT2D eigenvalue weighted by atomic mass is 9.92. The van der Waals surface area contributed by atoms with Gasteiger partial charge in [0, 0.05) is 57.7 Å². The summed E-state index contributed by atoms with van der Waals surface area (Å²) in [7, 11) is 1.47. The molecule has 0 unspecified atom stereocenters. The molecule has 0 bridgehead atoms. The molecule has 2 aromatic rings. The maximum atomic E-state index is 14.0. The van der Waals surface area contributed by atoms with Gasteiger partial charge in [-0.2, -0.15) is 0 Å². The quantitative estimate of drug-likeness (QED) is 0.0417. The predicted octanol–water partition coefficient (Wildman–Crippen LogP) is 0.953.